The van der Waals surface area contributed by atoms with Gasteiger partial charge in [-0.05, 0) is 24.8 Å². The minimum absolute atomic E-state index is 0.0592. The zero-order chi connectivity index (χ0) is 12.5. The van der Waals surface area contributed by atoms with E-state index in [9.17, 15) is 4.79 Å². The Morgan fingerprint density at radius 1 is 1.50 bits per heavy atom. The maximum atomic E-state index is 12.4. The molecule has 1 amide bonds. The fourth-order valence-electron chi connectivity index (χ4n) is 2.36. The predicted molar refractivity (Wildman–Crippen MR) is 69.5 cm³/mol. The van der Waals surface area contributed by atoms with Gasteiger partial charge < -0.3 is 4.90 Å². The maximum Gasteiger partial charge on any atom is 0.255 e. The summed E-state index contributed by atoms with van der Waals surface area (Å²) in [6, 6.07) is 1.79. The van der Waals surface area contributed by atoms with Gasteiger partial charge in [0.25, 0.3) is 5.91 Å². The summed E-state index contributed by atoms with van der Waals surface area (Å²) in [6.45, 7) is 3.87. The minimum Gasteiger partial charge on any atom is -0.338 e. The van der Waals surface area contributed by atoms with Gasteiger partial charge in [0.1, 0.15) is 5.52 Å². The van der Waals surface area contributed by atoms with Gasteiger partial charge in [-0.2, -0.15) is 8.75 Å². The number of carbonyl (C=O) groups is 1. The van der Waals surface area contributed by atoms with E-state index in [0.717, 1.165) is 31.2 Å². The average Bonchev–Trinajstić information content (AvgIpc) is 2.85. The molecule has 1 aliphatic rings. The number of nitrogens with zero attached hydrogens (tertiary/aromatic N) is 4. The summed E-state index contributed by atoms with van der Waals surface area (Å²) < 4.78 is 8.16. The Balaban J connectivity index is 1.86. The first-order valence-electron chi connectivity index (χ1n) is 6.11. The number of carbonyl (C=O) groups excluding carboxylic acids is 1. The molecule has 2 aromatic rings. The number of aromatic nitrogens is 3. The third kappa shape index (κ3) is 2.08. The molecule has 0 saturated carbocycles. The number of piperidine rings is 1. The molecule has 2 aromatic heterocycles. The highest BCUT2D eigenvalue weighted by Gasteiger charge is 2.22. The summed E-state index contributed by atoms with van der Waals surface area (Å²) in [6.07, 6.45) is 3.89. The van der Waals surface area contributed by atoms with Crippen LogP contribution in [0.1, 0.15) is 30.1 Å². The topological polar surface area (TPSA) is 59.0 Å². The first-order chi connectivity index (χ1) is 8.74. The molecule has 5 nitrogen and oxygen atoms in total. The van der Waals surface area contributed by atoms with Crippen LogP contribution in [0.5, 0.6) is 0 Å². The Bertz CT molecular complexity index is 582. The maximum absolute atomic E-state index is 12.4. The summed E-state index contributed by atoms with van der Waals surface area (Å²) >= 11 is 1.12. The van der Waals surface area contributed by atoms with Crippen molar-refractivity contribution in [3.05, 3.63) is 17.8 Å². The molecule has 94 valence electrons. The Kier molecular flexibility index (Phi) is 2.95. The summed E-state index contributed by atoms with van der Waals surface area (Å²) in [5, 5.41) is 0. The molecule has 18 heavy (non-hydrogen) atoms. The third-order valence-electron chi connectivity index (χ3n) is 3.30. The lowest BCUT2D eigenvalue weighted by Gasteiger charge is -2.30. The van der Waals surface area contributed by atoms with Gasteiger partial charge in [-0.25, -0.2) is 4.98 Å². The summed E-state index contributed by atoms with van der Waals surface area (Å²) in [7, 11) is 0. The molecule has 0 aliphatic carbocycles. The van der Waals surface area contributed by atoms with Crippen LogP contribution in [-0.4, -0.2) is 37.6 Å². The highest BCUT2D eigenvalue weighted by atomic mass is 32.1. The second-order valence-corrected chi connectivity index (χ2v) is 5.36. The second kappa shape index (κ2) is 4.61. The van der Waals surface area contributed by atoms with Crippen LogP contribution in [0.25, 0.3) is 11.2 Å². The molecule has 1 atom stereocenters. The van der Waals surface area contributed by atoms with E-state index < -0.39 is 0 Å². The minimum atomic E-state index is 0.0592. The summed E-state index contributed by atoms with van der Waals surface area (Å²) in [5.41, 5.74) is 1.93. The van der Waals surface area contributed by atoms with Gasteiger partial charge in [0.15, 0.2) is 5.65 Å². The largest absolute Gasteiger partial charge is 0.338 e. The Hall–Kier alpha value is -1.56. The standard InChI is InChI=1S/C12H14N4OS/c1-8-3-2-4-16(7-8)12(17)9-5-10-11(13-6-9)15-18-14-10/h5-6,8H,2-4,7H2,1H3. The molecule has 1 fully saturated rings. The van der Waals surface area contributed by atoms with Gasteiger partial charge in [-0.15, -0.1) is 0 Å². The van der Waals surface area contributed by atoms with Crippen molar-refractivity contribution in [1.82, 2.24) is 18.6 Å². The van der Waals surface area contributed by atoms with Gasteiger partial charge >= 0.3 is 0 Å². The van der Waals surface area contributed by atoms with E-state index in [4.69, 9.17) is 0 Å². The van der Waals surface area contributed by atoms with Crippen molar-refractivity contribution in [2.45, 2.75) is 19.8 Å². The van der Waals surface area contributed by atoms with E-state index in [0.29, 0.717) is 22.6 Å². The van der Waals surface area contributed by atoms with Crippen LogP contribution in [-0.2, 0) is 0 Å². The SMILES string of the molecule is CC1CCCN(C(=O)c2cnc3nsnc3c2)C1. The first kappa shape index (κ1) is 11.5. The Morgan fingerprint density at radius 2 is 2.39 bits per heavy atom. The number of fused-ring (bicyclic) bond motifs is 1. The van der Waals surface area contributed by atoms with Crippen LogP contribution in [0, 0.1) is 5.92 Å². The van der Waals surface area contributed by atoms with Gasteiger partial charge in [0.05, 0.1) is 17.3 Å². The smallest absolute Gasteiger partial charge is 0.255 e. The van der Waals surface area contributed by atoms with Crippen molar-refractivity contribution in [3.63, 3.8) is 0 Å². The van der Waals surface area contributed by atoms with Crippen LogP contribution in [0.2, 0.25) is 0 Å². The van der Waals surface area contributed by atoms with E-state index in [2.05, 4.69) is 20.7 Å². The van der Waals surface area contributed by atoms with Gasteiger partial charge in [-0.3, -0.25) is 4.79 Å². The number of amides is 1. The molecule has 0 spiro atoms. The fourth-order valence-corrected chi connectivity index (χ4v) is 2.84. The molecular weight excluding hydrogens is 248 g/mol. The molecule has 3 heterocycles. The van der Waals surface area contributed by atoms with Crippen molar-refractivity contribution < 1.29 is 4.79 Å². The average molecular weight is 262 g/mol. The summed E-state index contributed by atoms with van der Waals surface area (Å²) in [5.74, 6) is 0.643. The predicted octanol–water partition coefficient (Wildman–Crippen LogP) is 1.96. The van der Waals surface area contributed by atoms with E-state index in [1.165, 1.54) is 6.42 Å². The molecule has 1 saturated heterocycles. The highest BCUT2D eigenvalue weighted by molar-refractivity contribution is 7.00. The molecule has 0 radical (unpaired) electrons. The van der Waals surface area contributed by atoms with Crippen molar-refractivity contribution in [3.8, 4) is 0 Å². The molecule has 3 rings (SSSR count). The van der Waals surface area contributed by atoms with Crippen molar-refractivity contribution >= 4 is 28.8 Å². The molecule has 6 heteroatoms. The van der Waals surface area contributed by atoms with E-state index >= 15 is 0 Å². The number of likely N-dealkylation sites (tertiary alicyclic amines) is 1. The van der Waals surface area contributed by atoms with Crippen molar-refractivity contribution in [1.29, 1.82) is 0 Å². The molecular formula is C12H14N4OS. The normalized spacial score (nSPS) is 20.3. The fraction of sp³-hybridized carbons (Fsp3) is 0.500. The van der Waals surface area contributed by atoms with Crippen LogP contribution in [0.15, 0.2) is 12.3 Å². The third-order valence-corrected chi connectivity index (χ3v) is 3.84. The van der Waals surface area contributed by atoms with Gasteiger partial charge in [-0.1, -0.05) is 6.92 Å². The van der Waals surface area contributed by atoms with Crippen molar-refractivity contribution in [2.24, 2.45) is 5.92 Å². The van der Waals surface area contributed by atoms with Gasteiger partial charge in [0.2, 0.25) is 0 Å². The van der Waals surface area contributed by atoms with Crippen molar-refractivity contribution in [2.75, 3.05) is 13.1 Å². The second-order valence-electron chi connectivity index (χ2n) is 4.83. The molecule has 0 aromatic carbocycles. The molecule has 1 aliphatic heterocycles. The summed E-state index contributed by atoms with van der Waals surface area (Å²) in [4.78, 5) is 18.4. The van der Waals surface area contributed by atoms with E-state index in [1.54, 1.807) is 12.3 Å². The number of pyridine rings is 1. The van der Waals surface area contributed by atoms with Crippen LogP contribution < -0.4 is 0 Å². The lowest BCUT2D eigenvalue weighted by Crippen LogP contribution is -2.39. The van der Waals surface area contributed by atoms with Crippen LogP contribution in [0.4, 0.5) is 0 Å². The zero-order valence-electron chi connectivity index (χ0n) is 10.2. The molecule has 0 N–H and O–H groups in total. The van der Waals surface area contributed by atoms with E-state index in [-0.39, 0.29) is 5.91 Å². The monoisotopic (exact) mass is 262 g/mol. The Labute approximate surface area is 109 Å². The molecule has 1 unspecified atom stereocenters. The Morgan fingerprint density at radius 3 is 3.22 bits per heavy atom. The number of rotatable bonds is 1. The number of hydrogen-bond donors (Lipinski definition) is 0. The zero-order valence-corrected chi connectivity index (χ0v) is 11.0. The first-order valence-corrected chi connectivity index (χ1v) is 6.84. The quantitative estimate of drug-likeness (QED) is 0.788. The highest BCUT2D eigenvalue weighted by Crippen LogP contribution is 2.19. The molecule has 0 bridgehead atoms. The van der Waals surface area contributed by atoms with Gasteiger partial charge in [0, 0.05) is 19.3 Å². The van der Waals surface area contributed by atoms with Crippen LogP contribution in [0.3, 0.4) is 0 Å². The number of hydrogen-bond acceptors (Lipinski definition) is 5. The van der Waals surface area contributed by atoms with Crippen LogP contribution >= 0.6 is 11.7 Å². The lowest BCUT2D eigenvalue weighted by atomic mass is 10.00. The van der Waals surface area contributed by atoms with E-state index in [1.807, 2.05) is 4.90 Å². The lowest BCUT2D eigenvalue weighted by molar-refractivity contribution is 0.0683.